The van der Waals surface area contributed by atoms with Crippen LogP contribution in [0.25, 0.3) is 0 Å². The maximum atomic E-state index is 12.3. The summed E-state index contributed by atoms with van der Waals surface area (Å²) < 4.78 is 6.34. The quantitative estimate of drug-likeness (QED) is 0.894. The highest BCUT2D eigenvalue weighted by Crippen LogP contribution is 2.25. The van der Waals surface area contributed by atoms with Crippen molar-refractivity contribution in [2.45, 2.75) is 31.7 Å². The molecular weight excluding hydrogens is 320 g/mol. The summed E-state index contributed by atoms with van der Waals surface area (Å²) in [4.78, 5) is 14.2. The molecule has 1 amide bonds. The van der Waals surface area contributed by atoms with Crippen molar-refractivity contribution < 1.29 is 9.53 Å². The Morgan fingerprint density at radius 3 is 3.05 bits per heavy atom. The van der Waals surface area contributed by atoms with Gasteiger partial charge < -0.3 is 15.4 Å². The Bertz CT molecular complexity index is 479. The van der Waals surface area contributed by atoms with Crippen LogP contribution in [0.15, 0.2) is 22.7 Å². The van der Waals surface area contributed by atoms with Crippen molar-refractivity contribution in [3.8, 4) is 5.75 Å². The van der Waals surface area contributed by atoms with Crippen molar-refractivity contribution in [1.82, 2.24) is 4.90 Å². The Morgan fingerprint density at radius 1 is 1.55 bits per heavy atom. The van der Waals surface area contributed by atoms with E-state index in [0.29, 0.717) is 19.4 Å². The van der Waals surface area contributed by atoms with Crippen LogP contribution in [0.5, 0.6) is 5.75 Å². The van der Waals surface area contributed by atoms with Crippen LogP contribution in [-0.4, -0.2) is 37.0 Å². The zero-order valence-electron chi connectivity index (χ0n) is 11.8. The van der Waals surface area contributed by atoms with E-state index in [1.165, 1.54) is 0 Å². The summed E-state index contributed by atoms with van der Waals surface area (Å²) in [6, 6.07) is 6.10. The normalized spacial score (nSPS) is 18.4. The Labute approximate surface area is 128 Å². The lowest BCUT2D eigenvalue weighted by Gasteiger charge is -2.23. The van der Waals surface area contributed by atoms with Gasteiger partial charge in [0.2, 0.25) is 5.91 Å². The number of ether oxygens (including phenoxy) is 1. The minimum Gasteiger partial charge on any atom is -0.496 e. The largest absolute Gasteiger partial charge is 0.496 e. The van der Waals surface area contributed by atoms with Gasteiger partial charge in [-0.2, -0.15) is 0 Å². The number of hydrogen-bond acceptors (Lipinski definition) is 3. The van der Waals surface area contributed by atoms with Crippen molar-refractivity contribution >= 4 is 21.8 Å². The number of nitrogens with two attached hydrogens (primary N) is 1. The van der Waals surface area contributed by atoms with Gasteiger partial charge in [0, 0.05) is 30.0 Å². The summed E-state index contributed by atoms with van der Waals surface area (Å²) in [6.45, 7) is 1.41. The fourth-order valence-corrected chi connectivity index (χ4v) is 3.15. The van der Waals surface area contributed by atoms with Crippen LogP contribution in [0.4, 0.5) is 0 Å². The molecule has 0 radical (unpaired) electrons. The highest BCUT2D eigenvalue weighted by Gasteiger charge is 2.27. The highest BCUT2D eigenvalue weighted by molar-refractivity contribution is 9.10. The third-order valence-corrected chi connectivity index (χ3v) is 4.31. The van der Waals surface area contributed by atoms with Gasteiger partial charge in [0.05, 0.1) is 7.11 Å². The average molecular weight is 341 g/mol. The van der Waals surface area contributed by atoms with Crippen LogP contribution in [0.2, 0.25) is 0 Å². The zero-order valence-corrected chi connectivity index (χ0v) is 13.4. The molecule has 1 saturated heterocycles. The van der Waals surface area contributed by atoms with E-state index in [2.05, 4.69) is 15.9 Å². The average Bonchev–Trinajstić information content (AvgIpc) is 2.93. The molecule has 0 aliphatic carbocycles. The molecule has 20 heavy (non-hydrogen) atoms. The lowest BCUT2D eigenvalue weighted by atomic mass is 10.1. The van der Waals surface area contributed by atoms with E-state index in [-0.39, 0.29) is 11.9 Å². The minimum absolute atomic E-state index is 0.194. The van der Waals surface area contributed by atoms with E-state index in [9.17, 15) is 4.79 Å². The smallest absolute Gasteiger partial charge is 0.223 e. The number of aryl methyl sites for hydroxylation is 1. The summed E-state index contributed by atoms with van der Waals surface area (Å²) in [5, 5.41) is 0. The SMILES string of the molecule is COc1ccc(Br)cc1CCC(=O)N1CCC[C@H]1CN. The molecule has 1 aromatic rings. The highest BCUT2D eigenvalue weighted by atomic mass is 79.9. The van der Waals surface area contributed by atoms with Crippen molar-refractivity contribution in [3.63, 3.8) is 0 Å². The summed E-state index contributed by atoms with van der Waals surface area (Å²) in [7, 11) is 1.65. The lowest BCUT2D eigenvalue weighted by Crippen LogP contribution is -2.40. The Kier molecular flexibility index (Phi) is 5.43. The van der Waals surface area contributed by atoms with E-state index < -0.39 is 0 Å². The molecule has 0 saturated carbocycles. The van der Waals surface area contributed by atoms with Crippen molar-refractivity contribution in [3.05, 3.63) is 28.2 Å². The molecule has 0 bridgehead atoms. The number of methoxy groups -OCH3 is 1. The molecule has 1 aromatic carbocycles. The Hall–Kier alpha value is -1.07. The molecule has 2 N–H and O–H groups in total. The van der Waals surface area contributed by atoms with Crippen LogP contribution in [0.1, 0.15) is 24.8 Å². The van der Waals surface area contributed by atoms with Gasteiger partial charge in [-0.3, -0.25) is 4.79 Å². The van der Waals surface area contributed by atoms with Crippen LogP contribution < -0.4 is 10.5 Å². The molecule has 2 rings (SSSR count). The molecule has 1 fully saturated rings. The van der Waals surface area contributed by atoms with E-state index in [0.717, 1.165) is 35.2 Å². The van der Waals surface area contributed by atoms with E-state index in [1.807, 2.05) is 23.1 Å². The summed E-state index contributed by atoms with van der Waals surface area (Å²) >= 11 is 3.45. The first-order chi connectivity index (χ1) is 9.65. The topological polar surface area (TPSA) is 55.6 Å². The number of nitrogens with zero attached hydrogens (tertiary/aromatic N) is 1. The fraction of sp³-hybridized carbons (Fsp3) is 0.533. The van der Waals surface area contributed by atoms with Crippen LogP contribution in [-0.2, 0) is 11.2 Å². The first kappa shape index (κ1) is 15.3. The lowest BCUT2D eigenvalue weighted by molar-refractivity contribution is -0.131. The van der Waals surface area contributed by atoms with Gasteiger partial charge in [0.25, 0.3) is 0 Å². The van der Waals surface area contributed by atoms with Gasteiger partial charge in [0.15, 0.2) is 0 Å². The number of amides is 1. The number of likely N-dealkylation sites (tertiary alicyclic amines) is 1. The molecule has 0 unspecified atom stereocenters. The molecule has 0 spiro atoms. The summed E-state index contributed by atoms with van der Waals surface area (Å²) in [6.07, 6.45) is 3.29. The number of halogens is 1. The minimum atomic E-state index is 0.194. The number of carbonyl (C=O) groups is 1. The molecule has 1 heterocycles. The molecule has 4 nitrogen and oxygen atoms in total. The number of benzene rings is 1. The van der Waals surface area contributed by atoms with Crippen LogP contribution in [0, 0.1) is 0 Å². The van der Waals surface area contributed by atoms with Crippen LogP contribution >= 0.6 is 15.9 Å². The molecule has 0 aromatic heterocycles. The Balaban J connectivity index is 1.98. The Morgan fingerprint density at radius 2 is 2.35 bits per heavy atom. The van der Waals surface area contributed by atoms with Gasteiger partial charge in [-0.25, -0.2) is 0 Å². The fourth-order valence-electron chi connectivity index (χ4n) is 2.74. The van der Waals surface area contributed by atoms with Gasteiger partial charge in [0.1, 0.15) is 5.75 Å². The third-order valence-electron chi connectivity index (χ3n) is 3.82. The monoisotopic (exact) mass is 340 g/mol. The predicted molar refractivity (Wildman–Crippen MR) is 82.8 cm³/mol. The predicted octanol–water partition coefficient (Wildman–Crippen LogP) is 2.34. The third kappa shape index (κ3) is 3.52. The van der Waals surface area contributed by atoms with Crippen molar-refractivity contribution in [2.24, 2.45) is 5.73 Å². The second kappa shape index (κ2) is 7.09. The maximum Gasteiger partial charge on any atom is 0.223 e. The van der Waals surface area contributed by atoms with Crippen molar-refractivity contribution in [2.75, 3.05) is 20.2 Å². The van der Waals surface area contributed by atoms with Gasteiger partial charge in [-0.05, 0) is 43.0 Å². The van der Waals surface area contributed by atoms with Gasteiger partial charge >= 0.3 is 0 Å². The molecule has 110 valence electrons. The van der Waals surface area contributed by atoms with Gasteiger partial charge in [-0.15, -0.1) is 0 Å². The number of rotatable bonds is 5. The summed E-state index contributed by atoms with van der Waals surface area (Å²) in [5.74, 6) is 1.03. The first-order valence-corrected chi connectivity index (χ1v) is 7.77. The van der Waals surface area contributed by atoms with Gasteiger partial charge in [-0.1, -0.05) is 15.9 Å². The number of carbonyl (C=O) groups excluding carboxylic acids is 1. The second-order valence-corrected chi connectivity index (χ2v) is 5.99. The van der Waals surface area contributed by atoms with E-state index in [1.54, 1.807) is 7.11 Å². The standard InChI is InChI=1S/C15H21BrN2O2/c1-20-14-6-5-12(16)9-11(14)4-7-15(19)18-8-2-3-13(18)10-17/h5-6,9,13H,2-4,7-8,10,17H2,1H3/t13-/m0/s1. The number of hydrogen-bond donors (Lipinski definition) is 1. The molecular formula is C15H21BrN2O2. The van der Waals surface area contributed by atoms with E-state index in [4.69, 9.17) is 10.5 Å². The summed E-state index contributed by atoms with van der Waals surface area (Å²) in [5.41, 5.74) is 6.77. The maximum absolute atomic E-state index is 12.3. The molecule has 1 aliphatic heterocycles. The van der Waals surface area contributed by atoms with Crippen molar-refractivity contribution in [1.29, 1.82) is 0 Å². The van der Waals surface area contributed by atoms with E-state index >= 15 is 0 Å². The zero-order chi connectivity index (χ0) is 14.5. The molecule has 5 heteroatoms. The second-order valence-electron chi connectivity index (χ2n) is 5.08. The molecule has 1 atom stereocenters. The van der Waals surface area contributed by atoms with Crippen LogP contribution in [0.3, 0.4) is 0 Å². The first-order valence-electron chi connectivity index (χ1n) is 6.97. The molecule has 1 aliphatic rings.